The standard InChI is InChI=1S/C15H22FNO/c1-11(2)18-15-8-7-13(10-14(15)16)12(3)6-4-5-9-17/h6-8,10-11H,4-5,9,17H2,1-3H3/b12-6+. The molecule has 0 saturated carbocycles. The van der Waals surface area contributed by atoms with Crippen molar-refractivity contribution in [2.24, 2.45) is 5.73 Å². The van der Waals surface area contributed by atoms with Gasteiger partial charge < -0.3 is 10.5 Å². The molecule has 0 saturated heterocycles. The lowest BCUT2D eigenvalue weighted by atomic mass is 10.1. The Labute approximate surface area is 109 Å². The molecule has 0 unspecified atom stereocenters. The van der Waals surface area contributed by atoms with Gasteiger partial charge in [-0.15, -0.1) is 0 Å². The van der Waals surface area contributed by atoms with Crippen LogP contribution in [0.15, 0.2) is 24.3 Å². The minimum absolute atomic E-state index is 0.0217. The molecule has 0 aliphatic heterocycles. The van der Waals surface area contributed by atoms with E-state index in [2.05, 4.69) is 6.08 Å². The number of unbranched alkanes of at least 4 members (excludes halogenated alkanes) is 1. The SMILES string of the molecule is C/C(=C\CCCN)c1ccc(OC(C)C)c(F)c1. The number of hydrogen-bond acceptors (Lipinski definition) is 2. The van der Waals surface area contributed by atoms with Crippen molar-refractivity contribution in [2.75, 3.05) is 6.54 Å². The van der Waals surface area contributed by atoms with Gasteiger partial charge in [0.05, 0.1) is 6.10 Å². The third-order valence-corrected chi connectivity index (χ3v) is 2.61. The zero-order valence-electron chi connectivity index (χ0n) is 11.4. The van der Waals surface area contributed by atoms with Gasteiger partial charge in [0.25, 0.3) is 0 Å². The molecule has 1 aromatic carbocycles. The van der Waals surface area contributed by atoms with Crippen LogP contribution in [0.2, 0.25) is 0 Å². The maximum absolute atomic E-state index is 13.8. The summed E-state index contributed by atoms with van der Waals surface area (Å²) in [6, 6.07) is 5.09. The molecule has 0 radical (unpaired) electrons. The van der Waals surface area contributed by atoms with Crippen LogP contribution in [-0.4, -0.2) is 12.6 Å². The van der Waals surface area contributed by atoms with Crippen molar-refractivity contribution in [3.63, 3.8) is 0 Å². The second-order valence-electron chi connectivity index (χ2n) is 4.63. The van der Waals surface area contributed by atoms with Gasteiger partial charge in [-0.1, -0.05) is 12.1 Å². The lowest BCUT2D eigenvalue weighted by Crippen LogP contribution is -2.07. The highest BCUT2D eigenvalue weighted by Gasteiger charge is 2.07. The van der Waals surface area contributed by atoms with E-state index in [0.717, 1.165) is 24.0 Å². The first-order valence-corrected chi connectivity index (χ1v) is 6.38. The zero-order chi connectivity index (χ0) is 13.5. The van der Waals surface area contributed by atoms with Crippen molar-refractivity contribution in [2.45, 2.75) is 39.7 Å². The fraction of sp³-hybridized carbons (Fsp3) is 0.467. The normalized spacial score (nSPS) is 12.0. The van der Waals surface area contributed by atoms with Crippen LogP contribution in [0.1, 0.15) is 39.2 Å². The summed E-state index contributed by atoms with van der Waals surface area (Å²) < 4.78 is 19.2. The molecule has 0 amide bonds. The van der Waals surface area contributed by atoms with Gasteiger partial charge in [-0.3, -0.25) is 0 Å². The highest BCUT2D eigenvalue weighted by molar-refractivity contribution is 5.64. The maximum Gasteiger partial charge on any atom is 0.165 e. The van der Waals surface area contributed by atoms with Gasteiger partial charge in [0.1, 0.15) is 0 Å². The van der Waals surface area contributed by atoms with Crippen LogP contribution < -0.4 is 10.5 Å². The van der Waals surface area contributed by atoms with Crippen molar-refractivity contribution in [1.82, 2.24) is 0 Å². The molecule has 0 heterocycles. The van der Waals surface area contributed by atoms with Crippen LogP contribution >= 0.6 is 0 Å². The molecule has 1 aromatic rings. The number of nitrogens with two attached hydrogens (primary N) is 1. The molecule has 100 valence electrons. The van der Waals surface area contributed by atoms with Gasteiger partial charge in [-0.2, -0.15) is 0 Å². The molecule has 18 heavy (non-hydrogen) atoms. The third-order valence-electron chi connectivity index (χ3n) is 2.61. The van der Waals surface area contributed by atoms with E-state index in [4.69, 9.17) is 10.5 Å². The Morgan fingerprint density at radius 2 is 2.17 bits per heavy atom. The van der Waals surface area contributed by atoms with Crippen molar-refractivity contribution >= 4 is 5.57 Å². The van der Waals surface area contributed by atoms with E-state index in [1.165, 1.54) is 6.07 Å². The number of allylic oxidation sites excluding steroid dienone is 2. The quantitative estimate of drug-likeness (QED) is 0.781. The monoisotopic (exact) mass is 251 g/mol. The number of rotatable bonds is 6. The first kappa shape index (κ1) is 14.7. The fourth-order valence-corrected chi connectivity index (χ4v) is 1.65. The molecule has 0 aliphatic rings. The second-order valence-corrected chi connectivity index (χ2v) is 4.63. The Bertz CT molecular complexity index is 413. The van der Waals surface area contributed by atoms with E-state index in [9.17, 15) is 4.39 Å². The molecule has 1 rings (SSSR count). The van der Waals surface area contributed by atoms with E-state index >= 15 is 0 Å². The molecule has 2 N–H and O–H groups in total. The molecule has 0 spiro atoms. The molecule has 0 fully saturated rings. The summed E-state index contributed by atoms with van der Waals surface area (Å²) in [6.07, 6.45) is 3.94. The largest absolute Gasteiger partial charge is 0.488 e. The summed E-state index contributed by atoms with van der Waals surface area (Å²) in [5.74, 6) is -0.00344. The molecular formula is C15H22FNO. The Kier molecular flexibility index (Phi) is 5.86. The smallest absolute Gasteiger partial charge is 0.165 e. The molecule has 0 aromatic heterocycles. The van der Waals surface area contributed by atoms with Gasteiger partial charge >= 0.3 is 0 Å². The van der Waals surface area contributed by atoms with Crippen LogP contribution in [0.3, 0.4) is 0 Å². The molecule has 3 heteroatoms. The van der Waals surface area contributed by atoms with Crippen LogP contribution in [-0.2, 0) is 0 Å². The predicted octanol–water partition coefficient (Wildman–Crippen LogP) is 3.76. The Morgan fingerprint density at radius 1 is 1.44 bits per heavy atom. The summed E-state index contributed by atoms with van der Waals surface area (Å²) >= 11 is 0. The summed E-state index contributed by atoms with van der Waals surface area (Å²) in [5, 5.41) is 0. The molecule has 2 nitrogen and oxygen atoms in total. The topological polar surface area (TPSA) is 35.2 Å². The molecule has 0 aliphatic carbocycles. The number of ether oxygens (including phenoxy) is 1. The fourth-order valence-electron chi connectivity index (χ4n) is 1.65. The first-order valence-electron chi connectivity index (χ1n) is 6.38. The average Bonchev–Trinajstić information content (AvgIpc) is 2.31. The summed E-state index contributed by atoms with van der Waals surface area (Å²) in [4.78, 5) is 0. The second kappa shape index (κ2) is 7.17. The zero-order valence-corrected chi connectivity index (χ0v) is 11.4. The van der Waals surface area contributed by atoms with E-state index < -0.39 is 0 Å². The van der Waals surface area contributed by atoms with Crippen LogP contribution in [0.4, 0.5) is 4.39 Å². The highest BCUT2D eigenvalue weighted by atomic mass is 19.1. The van der Waals surface area contributed by atoms with E-state index in [-0.39, 0.29) is 11.9 Å². The highest BCUT2D eigenvalue weighted by Crippen LogP contribution is 2.23. The molecule has 0 atom stereocenters. The van der Waals surface area contributed by atoms with Gasteiger partial charge in [0.2, 0.25) is 0 Å². The summed E-state index contributed by atoms with van der Waals surface area (Å²) in [6.45, 7) is 6.42. The number of halogens is 1. The third kappa shape index (κ3) is 4.49. The lowest BCUT2D eigenvalue weighted by Gasteiger charge is -2.11. The predicted molar refractivity (Wildman–Crippen MR) is 74.1 cm³/mol. The van der Waals surface area contributed by atoms with E-state index in [1.54, 1.807) is 6.07 Å². The van der Waals surface area contributed by atoms with Crippen LogP contribution in [0.25, 0.3) is 5.57 Å². The number of benzene rings is 1. The van der Waals surface area contributed by atoms with Crippen LogP contribution in [0.5, 0.6) is 5.75 Å². The minimum atomic E-state index is -0.312. The van der Waals surface area contributed by atoms with Crippen molar-refractivity contribution < 1.29 is 9.13 Å². The Balaban J connectivity index is 2.80. The Hall–Kier alpha value is -1.35. The van der Waals surface area contributed by atoms with E-state index in [1.807, 2.05) is 26.8 Å². The minimum Gasteiger partial charge on any atom is -0.488 e. The lowest BCUT2D eigenvalue weighted by molar-refractivity contribution is 0.231. The van der Waals surface area contributed by atoms with Gasteiger partial charge in [0, 0.05) is 0 Å². The average molecular weight is 251 g/mol. The first-order chi connectivity index (χ1) is 8.54. The maximum atomic E-state index is 13.8. The number of hydrogen-bond donors (Lipinski definition) is 1. The summed E-state index contributed by atoms with van der Waals surface area (Å²) in [7, 11) is 0. The van der Waals surface area contributed by atoms with Crippen molar-refractivity contribution in [1.29, 1.82) is 0 Å². The molecular weight excluding hydrogens is 229 g/mol. The van der Waals surface area contributed by atoms with Gasteiger partial charge in [0.15, 0.2) is 11.6 Å². The van der Waals surface area contributed by atoms with E-state index in [0.29, 0.717) is 12.3 Å². The Morgan fingerprint density at radius 3 is 2.72 bits per heavy atom. The van der Waals surface area contributed by atoms with Gasteiger partial charge in [-0.05, 0) is 63.4 Å². The molecule has 0 bridgehead atoms. The van der Waals surface area contributed by atoms with Crippen LogP contribution in [0, 0.1) is 5.82 Å². The summed E-state index contributed by atoms with van der Waals surface area (Å²) in [5.41, 5.74) is 7.40. The van der Waals surface area contributed by atoms with Crippen molar-refractivity contribution in [3.8, 4) is 5.75 Å². The van der Waals surface area contributed by atoms with Gasteiger partial charge in [-0.25, -0.2) is 4.39 Å². The van der Waals surface area contributed by atoms with Crippen molar-refractivity contribution in [3.05, 3.63) is 35.7 Å².